The van der Waals surface area contributed by atoms with Crippen molar-refractivity contribution in [3.63, 3.8) is 0 Å². The Morgan fingerprint density at radius 2 is 1.96 bits per heavy atom. The number of nitrogens with zero attached hydrogens (tertiary/aromatic N) is 1. The van der Waals surface area contributed by atoms with Crippen LogP contribution in [0.25, 0.3) is 0 Å². The van der Waals surface area contributed by atoms with Crippen LogP contribution in [0.1, 0.15) is 52.9 Å². The van der Waals surface area contributed by atoms with E-state index >= 15 is 0 Å². The molecule has 0 aromatic rings. The molecule has 2 unspecified atom stereocenters. The summed E-state index contributed by atoms with van der Waals surface area (Å²) in [6.45, 7) is 6.19. The van der Waals surface area contributed by atoms with Gasteiger partial charge < -0.3 is 25.4 Å². The molecular weight excluding hydrogens is 362 g/mol. The van der Waals surface area contributed by atoms with Gasteiger partial charge in [-0.2, -0.15) is 0 Å². The van der Waals surface area contributed by atoms with E-state index in [-0.39, 0.29) is 30.4 Å². The summed E-state index contributed by atoms with van der Waals surface area (Å²) in [4.78, 5) is 40.9. The molecule has 0 aromatic carbocycles. The highest BCUT2D eigenvalue weighted by molar-refractivity contribution is 5.99. The van der Waals surface area contributed by atoms with E-state index in [2.05, 4.69) is 10.6 Å². The average molecular weight is 396 g/mol. The van der Waals surface area contributed by atoms with Crippen molar-refractivity contribution >= 4 is 17.7 Å². The third-order valence-corrected chi connectivity index (χ3v) is 6.54. The van der Waals surface area contributed by atoms with E-state index in [1.54, 1.807) is 11.9 Å². The molecule has 8 heteroatoms. The van der Waals surface area contributed by atoms with E-state index in [1.807, 2.05) is 20.8 Å². The van der Waals surface area contributed by atoms with Crippen LogP contribution in [0.4, 0.5) is 0 Å². The van der Waals surface area contributed by atoms with Gasteiger partial charge in [-0.3, -0.25) is 14.4 Å². The average Bonchev–Trinajstić information content (AvgIpc) is 3.19. The van der Waals surface area contributed by atoms with Crippen molar-refractivity contribution in [3.05, 3.63) is 0 Å². The fourth-order valence-corrected chi connectivity index (χ4v) is 5.46. The summed E-state index contributed by atoms with van der Waals surface area (Å²) in [6, 6.07) is -0.781. The number of ether oxygens (including phenoxy) is 1. The molecule has 0 aliphatic carbocycles. The number of rotatable bonds is 8. The lowest BCUT2D eigenvalue weighted by Crippen LogP contribution is -2.56. The summed E-state index contributed by atoms with van der Waals surface area (Å²) in [6.07, 6.45) is 3.38. The van der Waals surface area contributed by atoms with Crippen molar-refractivity contribution in [2.75, 3.05) is 20.2 Å². The molecule has 3 fully saturated rings. The molecule has 3 heterocycles. The normalized spacial score (nSPS) is 36.1. The first-order valence-electron chi connectivity index (χ1n) is 10.4. The summed E-state index contributed by atoms with van der Waals surface area (Å²) in [5, 5.41) is 14.6. The van der Waals surface area contributed by atoms with Gasteiger partial charge in [0.2, 0.25) is 17.7 Å². The molecule has 3 saturated heterocycles. The Kier molecular flexibility index (Phi) is 5.74. The van der Waals surface area contributed by atoms with Crippen LogP contribution in [0.2, 0.25) is 0 Å². The van der Waals surface area contributed by atoms with Gasteiger partial charge in [0.05, 0.1) is 17.4 Å². The summed E-state index contributed by atoms with van der Waals surface area (Å²) in [7, 11) is 1.57. The van der Waals surface area contributed by atoms with Gasteiger partial charge >= 0.3 is 0 Å². The SMILES string of the molecule is CNC(=O)[C@H]1[C@H]2C(=O)N(CCCCCO)C(C(=O)NC(C)C)C23CC[C@]1(C)O3. The minimum absolute atomic E-state index is 0.0572. The number of unbranched alkanes of at least 4 members (excludes halogenated alkanes) is 2. The largest absolute Gasteiger partial charge is 0.396 e. The molecule has 8 nitrogen and oxygen atoms in total. The van der Waals surface area contributed by atoms with Gasteiger partial charge in [-0.05, 0) is 52.9 Å². The number of amides is 3. The monoisotopic (exact) mass is 395 g/mol. The number of hydrogen-bond donors (Lipinski definition) is 3. The Balaban J connectivity index is 1.95. The van der Waals surface area contributed by atoms with Crippen molar-refractivity contribution in [3.8, 4) is 0 Å². The molecule has 3 amide bonds. The summed E-state index contributed by atoms with van der Waals surface area (Å²) < 4.78 is 6.43. The maximum atomic E-state index is 13.4. The van der Waals surface area contributed by atoms with E-state index in [0.717, 1.165) is 6.42 Å². The quantitative estimate of drug-likeness (QED) is 0.508. The van der Waals surface area contributed by atoms with Gasteiger partial charge in [-0.25, -0.2) is 0 Å². The topological polar surface area (TPSA) is 108 Å². The molecule has 28 heavy (non-hydrogen) atoms. The van der Waals surface area contributed by atoms with Crippen molar-refractivity contribution in [2.24, 2.45) is 11.8 Å². The van der Waals surface area contributed by atoms with Crippen molar-refractivity contribution in [1.29, 1.82) is 0 Å². The van der Waals surface area contributed by atoms with Crippen LogP contribution in [0.15, 0.2) is 0 Å². The van der Waals surface area contributed by atoms with E-state index in [4.69, 9.17) is 9.84 Å². The number of hydrogen-bond acceptors (Lipinski definition) is 5. The highest BCUT2D eigenvalue weighted by Crippen LogP contribution is 2.63. The molecule has 2 bridgehead atoms. The lowest BCUT2D eigenvalue weighted by Gasteiger charge is -2.34. The number of aliphatic hydroxyl groups excluding tert-OH is 1. The van der Waals surface area contributed by atoms with Crippen LogP contribution in [0, 0.1) is 11.8 Å². The molecule has 0 radical (unpaired) electrons. The van der Waals surface area contributed by atoms with Gasteiger partial charge in [0.25, 0.3) is 0 Å². The zero-order valence-electron chi connectivity index (χ0n) is 17.3. The Morgan fingerprint density at radius 3 is 2.57 bits per heavy atom. The highest BCUT2D eigenvalue weighted by Gasteiger charge is 2.77. The van der Waals surface area contributed by atoms with Crippen LogP contribution in [-0.4, -0.2) is 71.2 Å². The summed E-state index contributed by atoms with van der Waals surface area (Å²) in [5.74, 6) is -1.80. The highest BCUT2D eigenvalue weighted by atomic mass is 16.5. The van der Waals surface area contributed by atoms with Gasteiger partial charge in [-0.1, -0.05) is 0 Å². The Morgan fingerprint density at radius 1 is 1.25 bits per heavy atom. The van der Waals surface area contributed by atoms with Crippen molar-refractivity contribution in [1.82, 2.24) is 15.5 Å². The summed E-state index contributed by atoms with van der Waals surface area (Å²) in [5.41, 5.74) is -1.67. The zero-order chi connectivity index (χ0) is 20.7. The number of carbonyl (C=O) groups excluding carboxylic acids is 3. The number of carbonyl (C=O) groups is 3. The third-order valence-electron chi connectivity index (χ3n) is 6.54. The Labute approximate surface area is 166 Å². The number of aliphatic hydroxyl groups is 1. The first kappa shape index (κ1) is 21.0. The molecule has 0 aromatic heterocycles. The number of nitrogens with one attached hydrogen (secondary N) is 2. The van der Waals surface area contributed by atoms with Gasteiger partial charge in [0, 0.05) is 26.2 Å². The second-order valence-electron chi connectivity index (χ2n) is 8.82. The van der Waals surface area contributed by atoms with E-state index in [0.29, 0.717) is 32.2 Å². The first-order chi connectivity index (χ1) is 13.2. The lowest BCUT2D eigenvalue weighted by atomic mass is 9.66. The smallest absolute Gasteiger partial charge is 0.246 e. The maximum absolute atomic E-state index is 13.4. The van der Waals surface area contributed by atoms with Crippen LogP contribution < -0.4 is 10.6 Å². The van der Waals surface area contributed by atoms with E-state index in [9.17, 15) is 14.4 Å². The second-order valence-corrected chi connectivity index (χ2v) is 8.82. The van der Waals surface area contributed by atoms with E-state index < -0.39 is 29.1 Å². The predicted octanol–water partition coefficient (Wildman–Crippen LogP) is 0.184. The van der Waals surface area contributed by atoms with Crippen LogP contribution in [0.3, 0.4) is 0 Å². The molecule has 3 aliphatic heterocycles. The fraction of sp³-hybridized carbons (Fsp3) is 0.850. The molecular formula is C20H33N3O5. The molecule has 3 aliphatic rings. The minimum Gasteiger partial charge on any atom is -0.396 e. The van der Waals surface area contributed by atoms with Gasteiger partial charge in [0.1, 0.15) is 11.6 Å². The number of fused-ring (bicyclic) bond motifs is 1. The van der Waals surface area contributed by atoms with Crippen LogP contribution in [-0.2, 0) is 19.1 Å². The molecule has 1 spiro atoms. The maximum Gasteiger partial charge on any atom is 0.246 e. The zero-order valence-corrected chi connectivity index (χ0v) is 17.3. The van der Waals surface area contributed by atoms with E-state index in [1.165, 1.54) is 0 Å². The lowest BCUT2D eigenvalue weighted by molar-refractivity contribution is -0.146. The fourth-order valence-electron chi connectivity index (χ4n) is 5.46. The standard InChI is InChI=1S/C20H33N3O5/c1-12(2)22-17(26)15-20-9-8-19(3,28-20)13(16(25)21-4)14(20)18(27)23(15)10-6-5-7-11-24/h12-15,24H,5-11H2,1-4H3,(H,21,25)(H,22,26)/t13-,14+,15?,19+,20?/m1/s1. The third kappa shape index (κ3) is 3.10. The number of likely N-dealkylation sites (tertiary alicyclic amines) is 1. The minimum atomic E-state index is -0.945. The molecule has 158 valence electrons. The van der Waals surface area contributed by atoms with Crippen molar-refractivity contribution < 1.29 is 24.2 Å². The Bertz CT molecular complexity index is 654. The molecule has 5 atom stereocenters. The summed E-state index contributed by atoms with van der Waals surface area (Å²) >= 11 is 0. The first-order valence-corrected chi connectivity index (χ1v) is 10.4. The predicted molar refractivity (Wildman–Crippen MR) is 102 cm³/mol. The van der Waals surface area contributed by atoms with Gasteiger partial charge in [-0.15, -0.1) is 0 Å². The van der Waals surface area contributed by atoms with Gasteiger partial charge in [0.15, 0.2) is 0 Å². The molecule has 3 N–H and O–H groups in total. The van der Waals surface area contributed by atoms with Crippen LogP contribution in [0.5, 0.6) is 0 Å². The Hall–Kier alpha value is -1.67. The molecule has 3 rings (SSSR count). The van der Waals surface area contributed by atoms with Crippen LogP contribution >= 0.6 is 0 Å². The molecule has 0 saturated carbocycles. The van der Waals surface area contributed by atoms with Crippen molar-refractivity contribution in [2.45, 2.75) is 76.2 Å². The second kappa shape index (κ2) is 7.63.